The van der Waals surface area contributed by atoms with Gasteiger partial charge in [0, 0.05) is 0 Å². The Labute approximate surface area is 164 Å². The van der Waals surface area contributed by atoms with E-state index in [2.05, 4.69) is 0 Å². The van der Waals surface area contributed by atoms with Gasteiger partial charge in [-0.1, -0.05) is 0 Å². The number of unbranched alkanes of at least 4 members (excludes halogenated alkanes) is 3. The van der Waals surface area contributed by atoms with Crippen molar-refractivity contribution in [1.29, 1.82) is 0 Å². The van der Waals surface area contributed by atoms with Crippen LogP contribution in [0.5, 0.6) is 0 Å². The summed E-state index contributed by atoms with van der Waals surface area (Å²) in [6, 6.07) is 3.74. The van der Waals surface area contributed by atoms with Crippen LogP contribution in [0.25, 0.3) is 5.83 Å². The second kappa shape index (κ2) is 11.4. The third-order valence-corrected chi connectivity index (χ3v) is 19.7. The predicted octanol–water partition coefficient (Wildman–Crippen LogP) is 8.70. The summed E-state index contributed by atoms with van der Waals surface area (Å²) in [6.45, 7) is 6.14. The second-order valence-corrected chi connectivity index (χ2v) is 20.1. The van der Waals surface area contributed by atoms with Gasteiger partial charge in [0.1, 0.15) is 0 Å². The molecule has 0 saturated heterocycles. The Morgan fingerprint density at radius 1 is 0.778 bits per heavy atom. The second-order valence-electron chi connectivity index (χ2n) is 7.29. The summed E-state index contributed by atoms with van der Waals surface area (Å²) >= 11 is -3.55. The molecule has 0 radical (unpaired) electrons. The first-order valence-corrected chi connectivity index (χ1v) is 17.4. The molecule has 0 heterocycles. The van der Waals surface area contributed by atoms with E-state index < -0.39 is 39.8 Å². The van der Waals surface area contributed by atoms with Crippen molar-refractivity contribution in [2.75, 3.05) is 0 Å². The molecule has 0 aliphatic heterocycles. The first-order chi connectivity index (χ1) is 12.7. The molecular formula is C21H31F5Sn. The van der Waals surface area contributed by atoms with Gasteiger partial charge in [-0.25, -0.2) is 0 Å². The van der Waals surface area contributed by atoms with Crippen molar-refractivity contribution >= 4 is 24.2 Å². The fourth-order valence-corrected chi connectivity index (χ4v) is 18.0. The molecule has 0 aliphatic rings. The van der Waals surface area contributed by atoms with E-state index in [1.165, 1.54) is 0 Å². The van der Waals surface area contributed by atoms with E-state index in [0.717, 1.165) is 76.1 Å². The minimum absolute atomic E-state index is 0.0777. The van der Waals surface area contributed by atoms with Gasteiger partial charge in [-0.05, 0) is 0 Å². The molecule has 27 heavy (non-hydrogen) atoms. The van der Waals surface area contributed by atoms with Gasteiger partial charge in [0.2, 0.25) is 0 Å². The molecule has 0 N–H and O–H groups in total. The van der Waals surface area contributed by atoms with E-state index in [-0.39, 0.29) is 5.56 Å². The molecule has 0 spiro atoms. The van der Waals surface area contributed by atoms with Gasteiger partial charge in [0.15, 0.2) is 0 Å². The van der Waals surface area contributed by atoms with E-state index in [1.54, 1.807) is 0 Å². The zero-order chi connectivity index (χ0) is 20.5. The maximum absolute atomic E-state index is 15.5. The van der Waals surface area contributed by atoms with E-state index in [1.807, 2.05) is 20.8 Å². The molecule has 0 amide bonds. The Bertz CT molecular complexity index is 568. The Kier molecular flexibility index (Phi) is 10.3. The first kappa shape index (κ1) is 24.4. The van der Waals surface area contributed by atoms with Crippen molar-refractivity contribution in [3.05, 3.63) is 39.2 Å². The van der Waals surface area contributed by atoms with Gasteiger partial charge in [0.25, 0.3) is 0 Å². The summed E-state index contributed by atoms with van der Waals surface area (Å²) in [6.07, 6.45) is 0.986. The summed E-state index contributed by atoms with van der Waals surface area (Å²) < 4.78 is 70.4. The number of hydrogen-bond donors (Lipinski definition) is 0. The predicted molar refractivity (Wildman–Crippen MR) is 105 cm³/mol. The van der Waals surface area contributed by atoms with Gasteiger partial charge < -0.3 is 0 Å². The van der Waals surface area contributed by atoms with Crippen molar-refractivity contribution < 1.29 is 22.0 Å². The summed E-state index contributed by atoms with van der Waals surface area (Å²) in [7, 11) is 0. The number of hydrogen-bond acceptors (Lipinski definition) is 0. The van der Waals surface area contributed by atoms with E-state index in [0.29, 0.717) is 0 Å². The number of benzene rings is 1. The molecule has 1 aromatic rings. The van der Waals surface area contributed by atoms with Crippen molar-refractivity contribution in [2.45, 2.75) is 78.8 Å². The van der Waals surface area contributed by atoms with Crippen LogP contribution in [-0.2, 0) is 6.18 Å². The molecule has 0 nitrogen and oxygen atoms in total. The molecule has 0 aromatic heterocycles. The van der Waals surface area contributed by atoms with Crippen LogP contribution in [0.3, 0.4) is 0 Å². The molecule has 154 valence electrons. The van der Waals surface area contributed by atoms with Gasteiger partial charge >= 0.3 is 164 Å². The standard InChI is InChI=1S/C9H4F5.3C4H9.Sn/c10-5-8(11)6-1-3-7(4-2-6)9(12,13)14;3*1-3-4-2;/h1-4H;3*1,3-4H2,2H3;. The molecule has 1 rings (SSSR count). The van der Waals surface area contributed by atoms with E-state index in [4.69, 9.17) is 0 Å². The molecule has 0 atom stereocenters. The summed E-state index contributed by atoms with van der Waals surface area (Å²) in [5.74, 6) is -0.928. The molecular weight excluding hydrogens is 466 g/mol. The van der Waals surface area contributed by atoms with Gasteiger partial charge in [0.05, 0.1) is 0 Å². The summed E-state index contributed by atoms with van der Waals surface area (Å²) in [5, 5.41) is 0. The number of alkyl halides is 3. The third kappa shape index (κ3) is 7.06. The van der Waals surface area contributed by atoms with Crippen LogP contribution in [0.15, 0.2) is 28.1 Å². The normalized spacial score (nSPS) is 13.6. The van der Waals surface area contributed by atoms with E-state index in [9.17, 15) is 13.2 Å². The molecule has 6 heteroatoms. The average Bonchev–Trinajstić information content (AvgIpc) is 2.66. The third-order valence-electron chi connectivity index (χ3n) is 5.15. The van der Waals surface area contributed by atoms with Crippen molar-refractivity contribution in [3.63, 3.8) is 0 Å². The van der Waals surface area contributed by atoms with Crippen LogP contribution in [-0.4, -0.2) is 18.4 Å². The first-order valence-electron chi connectivity index (χ1n) is 9.95. The van der Waals surface area contributed by atoms with Crippen LogP contribution >= 0.6 is 0 Å². The Morgan fingerprint density at radius 3 is 1.52 bits per heavy atom. The summed E-state index contributed by atoms with van der Waals surface area (Å²) in [4.78, 5) is 0. The van der Waals surface area contributed by atoms with Crippen LogP contribution in [0.4, 0.5) is 22.0 Å². The topological polar surface area (TPSA) is 0 Å². The van der Waals surface area contributed by atoms with Crippen molar-refractivity contribution in [1.82, 2.24) is 0 Å². The molecule has 0 aliphatic carbocycles. The fraction of sp³-hybridized carbons (Fsp3) is 0.619. The van der Waals surface area contributed by atoms with Crippen LogP contribution in [0.2, 0.25) is 13.3 Å². The number of halogens is 5. The molecule has 1 aromatic carbocycles. The minimum atomic E-state index is -4.48. The Morgan fingerprint density at radius 2 is 1.19 bits per heavy atom. The zero-order valence-electron chi connectivity index (χ0n) is 16.6. The van der Waals surface area contributed by atoms with Crippen molar-refractivity contribution in [3.8, 4) is 0 Å². The van der Waals surface area contributed by atoms with Gasteiger partial charge in [-0.2, -0.15) is 0 Å². The Hall–Kier alpha value is -0.591. The zero-order valence-corrected chi connectivity index (χ0v) is 19.4. The van der Waals surface area contributed by atoms with E-state index >= 15 is 8.78 Å². The fourth-order valence-electron chi connectivity index (χ4n) is 3.41. The quantitative estimate of drug-likeness (QED) is 0.212. The van der Waals surface area contributed by atoms with Crippen LogP contribution in [0.1, 0.15) is 70.4 Å². The molecule has 0 bridgehead atoms. The molecule has 0 saturated carbocycles. The van der Waals surface area contributed by atoms with Crippen LogP contribution in [0, 0.1) is 0 Å². The summed E-state index contributed by atoms with van der Waals surface area (Å²) in [5.41, 5.74) is -0.928. The van der Waals surface area contributed by atoms with Gasteiger partial charge in [-0.15, -0.1) is 0 Å². The average molecular weight is 497 g/mol. The van der Waals surface area contributed by atoms with Crippen molar-refractivity contribution in [2.24, 2.45) is 0 Å². The number of rotatable bonds is 11. The van der Waals surface area contributed by atoms with Gasteiger partial charge in [-0.3, -0.25) is 0 Å². The Balaban J connectivity index is 3.30. The SMILES string of the molecule is CCC[CH2][Sn]([CH2]CCC)([CH2]CCC)/[C](F)=C(/F)c1ccc(C(F)(F)F)cc1. The van der Waals surface area contributed by atoms with Crippen LogP contribution < -0.4 is 0 Å². The molecule has 0 unspecified atom stereocenters. The monoisotopic (exact) mass is 498 g/mol. The molecule has 0 fully saturated rings. The maximum atomic E-state index is 15.5.